The molecule has 2 unspecified atom stereocenters. The Balaban J connectivity index is 0.000000244. The number of nitrogens with zero attached hydrogens (tertiary/aromatic N) is 7. The summed E-state index contributed by atoms with van der Waals surface area (Å²) in [4.78, 5) is 36.0. The van der Waals surface area contributed by atoms with Crippen molar-refractivity contribution in [2.75, 3.05) is 0 Å². The first-order valence-electron chi connectivity index (χ1n) is 14.9. The van der Waals surface area contributed by atoms with Crippen molar-refractivity contribution in [1.82, 2.24) is 45.5 Å². The molecular formula is C29H32F5N9O3. The number of rotatable bonds is 6. The molecule has 2 N–H and O–H groups in total. The first-order valence-corrected chi connectivity index (χ1v) is 14.9. The van der Waals surface area contributed by atoms with Crippen molar-refractivity contribution >= 4 is 17.5 Å². The number of aromatic nitrogens is 7. The van der Waals surface area contributed by atoms with E-state index in [0.717, 1.165) is 19.3 Å². The van der Waals surface area contributed by atoms with Gasteiger partial charge in [-0.3, -0.25) is 9.59 Å². The standard InChI is InChI=1S/C19H18F3N7O3.C6H10F2.C4H4N2/c20-19(21,22)13-5-11(17(30)26-13)3-9-4-14-25-12(8-29(14)24-6-9)7-23-18(31)16-15(10-1-2-10)27-32-28-16;7-6(8)4-2-1-3-5-6;1-2-5-4-6-3-1/h4,6,8,10-11,13H,1-3,5,7H2,(H,23,31)(H,26,30);1-5H2;1-4H. The molecule has 4 aromatic heterocycles. The maximum atomic E-state index is 12.9. The molecule has 1 aliphatic heterocycles. The smallest absolute Gasteiger partial charge is 0.345 e. The molecule has 17 heteroatoms. The van der Waals surface area contributed by atoms with Crippen LogP contribution in [0.25, 0.3) is 5.65 Å². The van der Waals surface area contributed by atoms with Gasteiger partial charge in [-0.25, -0.2) is 32.9 Å². The van der Waals surface area contributed by atoms with Crippen LogP contribution < -0.4 is 10.6 Å². The zero-order valence-electron chi connectivity index (χ0n) is 24.6. The minimum Gasteiger partial charge on any atom is -0.345 e. The summed E-state index contributed by atoms with van der Waals surface area (Å²) in [5.74, 6) is -3.92. The number of fused-ring (bicyclic) bond motifs is 1. The molecule has 1 saturated heterocycles. The Morgan fingerprint density at radius 3 is 2.41 bits per heavy atom. The van der Waals surface area contributed by atoms with Crippen LogP contribution in [0.4, 0.5) is 22.0 Å². The van der Waals surface area contributed by atoms with Gasteiger partial charge in [0, 0.05) is 37.1 Å². The van der Waals surface area contributed by atoms with Crippen LogP contribution in [-0.4, -0.2) is 64.8 Å². The van der Waals surface area contributed by atoms with Crippen molar-refractivity contribution in [2.24, 2.45) is 5.92 Å². The van der Waals surface area contributed by atoms with Crippen LogP contribution in [0.2, 0.25) is 0 Å². The average molecular weight is 650 g/mol. The molecule has 46 heavy (non-hydrogen) atoms. The molecule has 4 aromatic rings. The number of amides is 2. The van der Waals surface area contributed by atoms with E-state index in [4.69, 9.17) is 0 Å². The largest absolute Gasteiger partial charge is 0.408 e. The van der Waals surface area contributed by atoms with Gasteiger partial charge in [-0.2, -0.15) is 18.3 Å². The molecule has 3 aliphatic rings. The normalized spacial score (nSPS) is 20.6. The topological polar surface area (TPSA) is 153 Å². The lowest BCUT2D eigenvalue weighted by molar-refractivity contribution is -0.154. The fourth-order valence-corrected chi connectivity index (χ4v) is 5.13. The van der Waals surface area contributed by atoms with Gasteiger partial charge < -0.3 is 10.6 Å². The Kier molecular flexibility index (Phi) is 10.2. The zero-order chi connectivity index (χ0) is 32.7. The van der Waals surface area contributed by atoms with Crippen LogP contribution in [0.3, 0.4) is 0 Å². The van der Waals surface area contributed by atoms with Crippen molar-refractivity contribution in [3.63, 3.8) is 0 Å². The lowest BCUT2D eigenvalue weighted by Crippen LogP contribution is -2.38. The number of nitrogens with one attached hydrogen (secondary N) is 2. The number of carbonyl (C=O) groups excluding carboxylic acids is 2. The van der Waals surface area contributed by atoms with Crippen LogP contribution in [0, 0.1) is 5.92 Å². The first kappa shape index (κ1) is 32.8. The predicted octanol–water partition coefficient (Wildman–Crippen LogP) is 4.59. The van der Waals surface area contributed by atoms with Gasteiger partial charge in [-0.1, -0.05) is 11.6 Å². The number of alkyl halides is 5. The highest BCUT2D eigenvalue weighted by atomic mass is 19.4. The molecule has 0 bridgehead atoms. The third kappa shape index (κ3) is 9.00. The Morgan fingerprint density at radius 1 is 1.11 bits per heavy atom. The number of imidazole rings is 1. The van der Waals surface area contributed by atoms with Gasteiger partial charge in [-0.05, 0) is 61.4 Å². The lowest BCUT2D eigenvalue weighted by atomic mass is 9.97. The Labute approximate surface area is 259 Å². The lowest BCUT2D eigenvalue weighted by Gasteiger charge is -2.20. The molecule has 2 amide bonds. The predicted molar refractivity (Wildman–Crippen MR) is 150 cm³/mol. The van der Waals surface area contributed by atoms with E-state index < -0.39 is 35.9 Å². The third-order valence-corrected chi connectivity index (χ3v) is 7.70. The quantitative estimate of drug-likeness (QED) is 0.286. The van der Waals surface area contributed by atoms with E-state index in [2.05, 4.69) is 40.3 Å². The second kappa shape index (κ2) is 14.2. The number of carbonyl (C=O) groups is 2. The summed E-state index contributed by atoms with van der Waals surface area (Å²) < 4.78 is 69.2. The molecule has 0 spiro atoms. The molecule has 2 saturated carbocycles. The Morgan fingerprint density at radius 2 is 1.85 bits per heavy atom. The molecule has 0 aromatic carbocycles. The van der Waals surface area contributed by atoms with E-state index in [9.17, 15) is 31.5 Å². The summed E-state index contributed by atoms with van der Waals surface area (Å²) in [6, 6.07) is 1.62. The minimum absolute atomic E-state index is 0.118. The van der Waals surface area contributed by atoms with E-state index in [1.165, 1.54) is 17.0 Å². The number of hydrogen-bond donors (Lipinski definition) is 2. The van der Waals surface area contributed by atoms with Gasteiger partial charge in [0.15, 0.2) is 11.3 Å². The highest BCUT2D eigenvalue weighted by Crippen LogP contribution is 2.40. The van der Waals surface area contributed by atoms with E-state index in [-0.39, 0.29) is 43.8 Å². The highest BCUT2D eigenvalue weighted by molar-refractivity contribution is 5.93. The van der Waals surface area contributed by atoms with E-state index in [1.807, 2.05) is 5.32 Å². The fraction of sp³-hybridized carbons (Fsp3) is 0.517. The monoisotopic (exact) mass is 649 g/mol. The molecule has 7 rings (SSSR count). The van der Waals surface area contributed by atoms with Gasteiger partial charge in [0.2, 0.25) is 11.8 Å². The van der Waals surface area contributed by atoms with Gasteiger partial charge in [0.05, 0.1) is 24.6 Å². The molecular weight excluding hydrogens is 617 g/mol. The van der Waals surface area contributed by atoms with Crippen LogP contribution in [0.5, 0.6) is 0 Å². The Hall–Kier alpha value is -4.57. The van der Waals surface area contributed by atoms with E-state index in [1.54, 1.807) is 30.7 Å². The third-order valence-electron chi connectivity index (χ3n) is 7.70. The molecule has 12 nitrogen and oxygen atoms in total. The summed E-state index contributed by atoms with van der Waals surface area (Å²) in [5, 5.41) is 16.4. The van der Waals surface area contributed by atoms with Gasteiger partial charge in [0.1, 0.15) is 18.1 Å². The summed E-state index contributed by atoms with van der Waals surface area (Å²) >= 11 is 0. The van der Waals surface area contributed by atoms with Crippen LogP contribution in [-0.2, 0) is 17.8 Å². The minimum atomic E-state index is -4.46. The van der Waals surface area contributed by atoms with Crippen LogP contribution in [0.15, 0.2) is 47.9 Å². The SMILES string of the molecule is FC1(F)CCCCC1.O=C(NCc1cn2ncc(CC3CC(C(F)(F)F)NC3=O)cc2n1)c1nonc1C1CC1.c1cncnc1. The summed E-state index contributed by atoms with van der Waals surface area (Å²) in [6.45, 7) is 0.118. The summed E-state index contributed by atoms with van der Waals surface area (Å²) in [5.41, 5.74) is 2.32. The van der Waals surface area contributed by atoms with Crippen LogP contribution in [0.1, 0.15) is 84.7 Å². The van der Waals surface area contributed by atoms with Crippen molar-refractivity contribution in [3.05, 3.63) is 65.9 Å². The molecule has 5 heterocycles. The fourth-order valence-electron chi connectivity index (χ4n) is 5.13. The molecule has 0 radical (unpaired) electrons. The van der Waals surface area contributed by atoms with Crippen molar-refractivity contribution in [2.45, 2.75) is 88.4 Å². The number of hydrogen-bond acceptors (Lipinski definition) is 9. The highest BCUT2D eigenvalue weighted by Gasteiger charge is 2.47. The molecule has 2 aliphatic carbocycles. The van der Waals surface area contributed by atoms with E-state index in [0.29, 0.717) is 35.4 Å². The van der Waals surface area contributed by atoms with Crippen molar-refractivity contribution in [3.8, 4) is 0 Å². The molecule has 2 atom stereocenters. The number of halogens is 5. The molecule has 3 fully saturated rings. The maximum Gasteiger partial charge on any atom is 0.408 e. The molecule has 246 valence electrons. The summed E-state index contributed by atoms with van der Waals surface area (Å²) in [7, 11) is 0. The first-order chi connectivity index (χ1) is 22.0. The zero-order valence-corrected chi connectivity index (χ0v) is 24.6. The van der Waals surface area contributed by atoms with Gasteiger partial charge >= 0.3 is 6.18 Å². The second-order valence-corrected chi connectivity index (χ2v) is 11.4. The van der Waals surface area contributed by atoms with Crippen LogP contribution >= 0.6 is 0 Å². The van der Waals surface area contributed by atoms with E-state index >= 15 is 0 Å². The second-order valence-electron chi connectivity index (χ2n) is 11.4. The summed E-state index contributed by atoms with van der Waals surface area (Å²) in [6.07, 6.45) is 7.93. The van der Waals surface area contributed by atoms with Gasteiger partial charge in [0.25, 0.3) is 5.91 Å². The van der Waals surface area contributed by atoms with Crippen molar-refractivity contribution in [1.29, 1.82) is 0 Å². The maximum absolute atomic E-state index is 12.9. The average Bonchev–Trinajstić information content (AvgIpc) is 3.41. The van der Waals surface area contributed by atoms with Gasteiger partial charge in [-0.15, -0.1) is 0 Å². The Bertz CT molecular complexity index is 1570. The van der Waals surface area contributed by atoms with Crippen molar-refractivity contribution < 1.29 is 36.2 Å².